The van der Waals surface area contributed by atoms with E-state index in [0.29, 0.717) is 12.0 Å². The molecule has 1 aliphatic carbocycles. The van der Waals surface area contributed by atoms with Gasteiger partial charge in [0.1, 0.15) is 0 Å². The molecule has 1 unspecified atom stereocenters. The van der Waals surface area contributed by atoms with Gasteiger partial charge in [0.15, 0.2) is 5.82 Å². The summed E-state index contributed by atoms with van der Waals surface area (Å²) in [4.78, 5) is 4.58. The Balaban J connectivity index is 1.71. The quantitative estimate of drug-likeness (QED) is 0.833. The molecule has 1 aliphatic heterocycles. The topological polar surface area (TPSA) is 51.0 Å². The molecule has 16 heavy (non-hydrogen) atoms. The van der Waals surface area contributed by atoms with Crippen LogP contribution in [0.5, 0.6) is 0 Å². The summed E-state index contributed by atoms with van der Waals surface area (Å²) >= 11 is 0. The highest BCUT2D eigenvalue weighted by Gasteiger charge is 2.25. The van der Waals surface area contributed by atoms with Gasteiger partial charge in [-0.3, -0.25) is 0 Å². The average Bonchev–Trinajstić information content (AvgIpc) is 3.01. The van der Waals surface area contributed by atoms with Gasteiger partial charge in [0.2, 0.25) is 5.89 Å². The molecule has 2 fully saturated rings. The van der Waals surface area contributed by atoms with Crippen molar-refractivity contribution in [2.75, 3.05) is 6.54 Å². The van der Waals surface area contributed by atoms with Gasteiger partial charge < -0.3 is 9.84 Å². The molecule has 0 aromatic carbocycles. The number of rotatable bonds is 2. The Morgan fingerprint density at radius 2 is 1.88 bits per heavy atom. The van der Waals surface area contributed by atoms with Gasteiger partial charge in [-0.05, 0) is 32.2 Å². The Hall–Kier alpha value is -0.900. The maximum atomic E-state index is 5.40. The summed E-state index contributed by atoms with van der Waals surface area (Å²) in [6.45, 7) is 1.08. The fraction of sp³-hybridized carbons (Fsp3) is 0.833. The van der Waals surface area contributed by atoms with Crippen molar-refractivity contribution in [3.8, 4) is 0 Å². The zero-order valence-electron chi connectivity index (χ0n) is 9.61. The van der Waals surface area contributed by atoms with Crippen LogP contribution in [0.4, 0.5) is 0 Å². The van der Waals surface area contributed by atoms with Crippen molar-refractivity contribution in [3.63, 3.8) is 0 Å². The second-order valence-electron chi connectivity index (χ2n) is 4.97. The third-order valence-corrected chi connectivity index (χ3v) is 3.78. The van der Waals surface area contributed by atoms with Crippen molar-refractivity contribution in [2.24, 2.45) is 0 Å². The molecule has 2 aliphatic rings. The second-order valence-corrected chi connectivity index (χ2v) is 4.97. The zero-order valence-corrected chi connectivity index (χ0v) is 9.61. The van der Waals surface area contributed by atoms with Crippen LogP contribution in [-0.4, -0.2) is 16.7 Å². The number of nitrogens with zero attached hydrogens (tertiary/aromatic N) is 2. The monoisotopic (exact) mass is 221 g/mol. The summed E-state index contributed by atoms with van der Waals surface area (Å²) in [5, 5.41) is 7.59. The number of hydrogen-bond donors (Lipinski definition) is 1. The molecule has 0 bridgehead atoms. The molecule has 88 valence electrons. The minimum absolute atomic E-state index is 0.327. The third-order valence-electron chi connectivity index (χ3n) is 3.78. The molecule has 1 saturated heterocycles. The third kappa shape index (κ3) is 1.98. The van der Waals surface area contributed by atoms with Gasteiger partial charge in [-0.15, -0.1) is 0 Å². The minimum Gasteiger partial charge on any atom is -0.339 e. The van der Waals surface area contributed by atoms with E-state index in [1.54, 1.807) is 0 Å². The molecule has 3 rings (SSSR count). The maximum absolute atomic E-state index is 5.40. The first-order valence-corrected chi connectivity index (χ1v) is 6.50. The number of piperidine rings is 1. The van der Waals surface area contributed by atoms with Crippen LogP contribution in [0.25, 0.3) is 0 Å². The first kappa shape index (κ1) is 10.3. The summed E-state index contributed by atoms with van der Waals surface area (Å²) in [5.74, 6) is 2.28. The lowest BCUT2D eigenvalue weighted by Crippen LogP contribution is -2.27. The van der Waals surface area contributed by atoms with E-state index in [2.05, 4.69) is 15.5 Å². The van der Waals surface area contributed by atoms with Crippen LogP contribution in [0.2, 0.25) is 0 Å². The summed E-state index contributed by atoms with van der Waals surface area (Å²) in [6, 6.07) is 0.327. The van der Waals surface area contributed by atoms with E-state index in [-0.39, 0.29) is 0 Å². The van der Waals surface area contributed by atoms with Crippen LogP contribution >= 0.6 is 0 Å². The van der Waals surface area contributed by atoms with E-state index in [1.165, 1.54) is 38.5 Å². The molecular formula is C12H19N3O. The first-order chi connectivity index (χ1) is 7.93. The Morgan fingerprint density at radius 3 is 2.62 bits per heavy atom. The Kier molecular flexibility index (Phi) is 2.91. The maximum Gasteiger partial charge on any atom is 0.229 e. The SMILES string of the molecule is C1CCC(c2noc(C3CCCC3)n2)NC1. The first-order valence-electron chi connectivity index (χ1n) is 6.50. The predicted octanol–water partition coefficient (Wildman–Crippen LogP) is 2.54. The standard InChI is InChI=1S/C12H19N3O/c1-2-6-9(5-1)12-14-11(15-16-12)10-7-3-4-8-13-10/h9-10,13H,1-8H2. The van der Waals surface area contributed by atoms with Gasteiger partial charge in [0.05, 0.1) is 6.04 Å². The van der Waals surface area contributed by atoms with E-state index >= 15 is 0 Å². The molecule has 4 nitrogen and oxygen atoms in total. The fourth-order valence-corrected chi connectivity index (χ4v) is 2.80. The summed E-state index contributed by atoms with van der Waals surface area (Å²) in [5.41, 5.74) is 0. The van der Waals surface area contributed by atoms with Gasteiger partial charge in [-0.1, -0.05) is 24.4 Å². The fourth-order valence-electron chi connectivity index (χ4n) is 2.80. The van der Waals surface area contributed by atoms with Crippen LogP contribution in [0.15, 0.2) is 4.52 Å². The van der Waals surface area contributed by atoms with E-state index in [0.717, 1.165) is 24.7 Å². The Bertz CT molecular complexity index is 338. The van der Waals surface area contributed by atoms with Gasteiger partial charge in [-0.25, -0.2) is 0 Å². The Labute approximate surface area is 95.8 Å². The largest absolute Gasteiger partial charge is 0.339 e. The van der Waals surface area contributed by atoms with Crippen molar-refractivity contribution in [1.82, 2.24) is 15.5 Å². The van der Waals surface area contributed by atoms with Crippen molar-refractivity contribution in [2.45, 2.75) is 56.9 Å². The molecular weight excluding hydrogens is 202 g/mol. The minimum atomic E-state index is 0.327. The van der Waals surface area contributed by atoms with Crippen LogP contribution in [-0.2, 0) is 0 Å². The van der Waals surface area contributed by atoms with Gasteiger partial charge in [0.25, 0.3) is 0 Å². The molecule has 0 amide bonds. The van der Waals surface area contributed by atoms with E-state index in [4.69, 9.17) is 4.52 Å². The summed E-state index contributed by atoms with van der Waals surface area (Å²) in [7, 11) is 0. The number of nitrogens with one attached hydrogen (secondary N) is 1. The molecule has 1 saturated carbocycles. The van der Waals surface area contributed by atoms with Crippen LogP contribution in [0.3, 0.4) is 0 Å². The van der Waals surface area contributed by atoms with Crippen molar-refractivity contribution >= 4 is 0 Å². The van der Waals surface area contributed by atoms with E-state index < -0.39 is 0 Å². The lowest BCUT2D eigenvalue weighted by Gasteiger charge is -2.19. The molecule has 1 aromatic heterocycles. The zero-order chi connectivity index (χ0) is 10.8. The van der Waals surface area contributed by atoms with Crippen molar-refractivity contribution < 1.29 is 4.52 Å². The van der Waals surface area contributed by atoms with E-state index in [1.807, 2.05) is 0 Å². The van der Waals surface area contributed by atoms with Gasteiger partial charge >= 0.3 is 0 Å². The highest BCUT2D eigenvalue weighted by atomic mass is 16.5. The molecule has 2 heterocycles. The second kappa shape index (κ2) is 4.53. The van der Waals surface area contributed by atoms with E-state index in [9.17, 15) is 0 Å². The normalized spacial score (nSPS) is 27.4. The van der Waals surface area contributed by atoms with Crippen molar-refractivity contribution in [1.29, 1.82) is 0 Å². The molecule has 0 spiro atoms. The lowest BCUT2D eigenvalue weighted by molar-refractivity contribution is 0.335. The molecule has 1 aromatic rings. The molecule has 0 radical (unpaired) electrons. The summed E-state index contributed by atoms with van der Waals surface area (Å²) < 4.78 is 5.40. The number of aromatic nitrogens is 2. The van der Waals surface area contributed by atoms with Gasteiger partial charge in [-0.2, -0.15) is 4.98 Å². The Morgan fingerprint density at radius 1 is 1.06 bits per heavy atom. The predicted molar refractivity (Wildman–Crippen MR) is 60.1 cm³/mol. The molecule has 1 atom stereocenters. The van der Waals surface area contributed by atoms with Gasteiger partial charge in [0, 0.05) is 5.92 Å². The highest BCUT2D eigenvalue weighted by Crippen LogP contribution is 2.33. The lowest BCUT2D eigenvalue weighted by atomic mass is 10.0. The van der Waals surface area contributed by atoms with Crippen LogP contribution in [0.1, 0.15) is 68.6 Å². The van der Waals surface area contributed by atoms with Crippen LogP contribution < -0.4 is 5.32 Å². The average molecular weight is 221 g/mol. The highest BCUT2D eigenvalue weighted by molar-refractivity contribution is 5.00. The number of hydrogen-bond acceptors (Lipinski definition) is 4. The summed E-state index contributed by atoms with van der Waals surface area (Å²) in [6.07, 6.45) is 8.74. The van der Waals surface area contributed by atoms with Crippen molar-refractivity contribution in [3.05, 3.63) is 11.7 Å². The van der Waals surface area contributed by atoms with Crippen LogP contribution in [0, 0.1) is 0 Å². The molecule has 4 heteroatoms. The molecule has 1 N–H and O–H groups in total. The smallest absolute Gasteiger partial charge is 0.229 e.